The largest absolute Gasteiger partial charge is 0.507 e. The first-order chi connectivity index (χ1) is 10.4. The van der Waals surface area contributed by atoms with Gasteiger partial charge >= 0.3 is 0 Å². The molecule has 0 unspecified atom stereocenters. The molecule has 0 aliphatic heterocycles. The molecule has 3 rings (SSSR count). The molecule has 0 aliphatic rings. The van der Waals surface area contributed by atoms with Crippen molar-refractivity contribution in [3.8, 4) is 16.9 Å². The number of phenolic OH excluding ortho intramolecular Hbond substituents is 1. The Balaban J connectivity index is 2.51. The highest BCUT2D eigenvalue weighted by Gasteiger charge is 2.18. The van der Waals surface area contributed by atoms with Gasteiger partial charge < -0.3 is 10.8 Å². The third-order valence-electron chi connectivity index (χ3n) is 4.65. The highest BCUT2D eigenvalue weighted by atomic mass is 16.3. The number of rotatable bonds is 1. The number of aryl methyl sites for hydroxylation is 2. The predicted octanol–water partition coefficient (Wildman–Crippen LogP) is 5.03. The van der Waals surface area contributed by atoms with Crippen molar-refractivity contribution < 1.29 is 5.11 Å². The van der Waals surface area contributed by atoms with Crippen LogP contribution in [0.5, 0.6) is 5.75 Å². The smallest absolute Gasteiger partial charge is 0.127 e. The van der Waals surface area contributed by atoms with E-state index < -0.39 is 0 Å². The van der Waals surface area contributed by atoms with Gasteiger partial charge in [-0.05, 0) is 72.9 Å². The summed E-state index contributed by atoms with van der Waals surface area (Å²) in [5.74, 6) is 0.316. The zero-order valence-electron chi connectivity index (χ0n) is 13.5. The molecule has 0 heterocycles. The van der Waals surface area contributed by atoms with E-state index in [-0.39, 0.29) is 0 Å². The monoisotopic (exact) mass is 291 g/mol. The lowest BCUT2D eigenvalue weighted by molar-refractivity contribution is 0.474. The van der Waals surface area contributed by atoms with Crippen LogP contribution < -0.4 is 5.73 Å². The van der Waals surface area contributed by atoms with E-state index in [0.29, 0.717) is 11.4 Å². The van der Waals surface area contributed by atoms with Crippen LogP contribution in [-0.2, 0) is 0 Å². The van der Waals surface area contributed by atoms with Gasteiger partial charge in [-0.15, -0.1) is 0 Å². The molecule has 0 aromatic heterocycles. The van der Waals surface area contributed by atoms with E-state index in [1.54, 1.807) is 0 Å². The Hall–Kier alpha value is -2.48. The van der Waals surface area contributed by atoms with E-state index in [2.05, 4.69) is 26.8 Å². The first-order valence-electron chi connectivity index (χ1n) is 7.49. The van der Waals surface area contributed by atoms with Crippen molar-refractivity contribution in [3.05, 3.63) is 58.7 Å². The van der Waals surface area contributed by atoms with Crippen LogP contribution in [0.4, 0.5) is 5.69 Å². The molecular formula is C20H21NO. The first-order valence-corrected chi connectivity index (χ1v) is 7.49. The lowest BCUT2D eigenvalue weighted by Gasteiger charge is -2.19. The topological polar surface area (TPSA) is 46.2 Å². The van der Waals surface area contributed by atoms with Gasteiger partial charge in [0.05, 0.1) is 0 Å². The van der Waals surface area contributed by atoms with Crippen LogP contribution in [0, 0.1) is 27.7 Å². The van der Waals surface area contributed by atoms with Crippen molar-refractivity contribution in [2.24, 2.45) is 0 Å². The highest BCUT2D eigenvalue weighted by molar-refractivity contribution is 6.04. The second-order valence-corrected chi connectivity index (χ2v) is 6.05. The summed E-state index contributed by atoms with van der Waals surface area (Å²) < 4.78 is 0. The first kappa shape index (κ1) is 14.5. The van der Waals surface area contributed by atoms with Gasteiger partial charge in [0, 0.05) is 16.8 Å². The van der Waals surface area contributed by atoms with Crippen LogP contribution in [-0.4, -0.2) is 5.11 Å². The number of nitrogen functional groups attached to an aromatic ring is 1. The van der Waals surface area contributed by atoms with Crippen LogP contribution >= 0.6 is 0 Å². The normalized spacial score (nSPS) is 11.1. The van der Waals surface area contributed by atoms with Crippen LogP contribution in [0.1, 0.15) is 22.3 Å². The lowest BCUT2D eigenvalue weighted by Crippen LogP contribution is -1.99. The average molecular weight is 291 g/mol. The summed E-state index contributed by atoms with van der Waals surface area (Å²) in [7, 11) is 0. The van der Waals surface area contributed by atoms with Crippen LogP contribution in [0.3, 0.4) is 0 Å². The minimum absolute atomic E-state index is 0.316. The van der Waals surface area contributed by atoms with Crippen molar-refractivity contribution >= 4 is 16.5 Å². The van der Waals surface area contributed by atoms with Gasteiger partial charge in [-0.3, -0.25) is 0 Å². The van der Waals surface area contributed by atoms with Crippen LogP contribution in [0.2, 0.25) is 0 Å². The van der Waals surface area contributed by atoms with E-state index in [9.17, 15) is 5.11 Å². The summed E-state index contributed by atoms with van der Waals surface area (Å²) in [4.78, 5) is 0. The summed E-state index contributed by atoms with van der Waals surface area (Å²) >= 11 is 0. The number of phenols is 1. The summed E-state index contributed by atoms with van der Waals surface area (Å²) in [6, 6.07) is 12.1. The van der Waals surface area contributed by atoms with Crippen molar-refractivity contribution in [3.63, 3.8) is 0 Å². The number of hydrogen-bond acceptors (Lipinski definition) is 2. The standard InChI is InChI=1S/C20H21NO/c1-11-10-17(21)18(14(4)13(11)3)19-16-8-6-5-7-15(16)9-12(2)20(19)22/h5-10,22H,21H2,1-4H3. The van der Waals surface area contributed by atoms with E-state index in [1.165, 1.54) is 11.1 Å². The van der Waals surface area contributed by atoms with Crippen molar-refractivity contribution in [2.45, 2.75) is 27.7 Å². The molecule has 0 spiro atoms. The van der Waals surface area contributed by atoms with Gasteiger partial charge in [0.25, 0.3) is 0 Å². The van der Waals surface area contributed by atoms with Crippen molar-refractivity contribution in [1.29, 1.82) is 0 Å². The van der Waals surface area contributed by atoms with Gasteiger partial charge in [0.1, 0.15) is 5.75 Å². The number of hydrogen-bond donors (Lipinski definition) is 2. The molecule has 3 aromatic rings. The maximum atomic E-state index is 10.7. The third kappa shape index (κ3) is 2.03. The minimum Gasteiger partial charge on any atom is -0.507 e. The Morgan fingerprint density at radius 2 is 1.50 bits per heavy atom. The van der Waals surface area contributed by atoms with Crippen molar-refractivity contribution in [2.75, 3.05) is 5.73 Å². The number of benzene rings is 3. The predicted molar refractivity (Wildman–Crippen MR) is 94.4 cm³/mol. The molecule has 0 fully saturated rings. The molecule has 112 valence electrons. The van der Waals surface area contributed by atoms with Crippen LogP contribution in [0.25, 0.3) is 21.9 Å². The number of nitrogens with two attached hydrogens (primary N) is 1. The Kier molecular flexibility index (Phi) is 3.32. The Labute approximate surface area is 131 Å². The molecule has 0 saturated heterocycles. The maximum Gasteiger partial charge on any atom is 0.127 e. The van der Waals surface area contributed by atoms with E-state index >= 15 is 0 Å². The SMILES string of the molecule is Cc1cc(N)c(-c2c(O)c(C)cc3ccccc23)c(C)c1C. The third-order valence-corrected chi connectivity index (χ3v) is 4.65. The van der Waals surface area contributed by atoms with E-state index in [0.717, 1.165) is 33.0 Å². The molecule has 0 radical (unpaired) electrons. The molecule has 3 aromatic carbocycles. The zero-order chi connectivity index (χ0) is 16.0. The van der Waals surface area contributed by atoms with Crippen molar-refractivity contribution in [1.82, 2.24) is 0 Å². The molecule has 0 atom stereocenters. The van der Waals surface area contributed by atoms with Gasteiger partial charge in [0.15, 0.2) is 0 Å². The lowest BCUT2D eigenvalue weighted by atomic mass is 9.88. The Morgan fingerprint density at radius 3 is 2.23 bits per heavy atom. The van der Waals surface area contributed by atoms with Crippen LogP contribution in [0.15, 0.2) is 36.4 Å². The molecule has 2 heteroatoms. The molecule has 2 nitrogen and oxygen atoms in total. The fraction of sp³-hybridized carbons (Fsp3) is 0.200. The van der Waals surface area contributed by atoms with Gasteiger partial charge in [0.2, 0.25) is 0 Å². The van der Waals surface area contributed by atoms with E-state index in [1.807, 2.05) is 37.3 Å². The van der Waals surface area contributed by atoms with E-state index in [4.69, 9.17) is 5.73 Å². The maximum absolute atomic E-state index is 10.7. The number of fused-ring (bicyclic) bond motifs is 1. The molecule has 0 bridgehead atoms. The van der Waals surface area contributed by atoms with Gasteiger partial charge in [-0.1, -0.05) is 24.3 Å². The quantitative estimate of drug-likeness (QED) is 0.618. The molecule has 3 N–H and O–H groups in total. The number of aromatic hydroxyl groups is 1. The summed E-state index contributed by atoms with van der Waals surface area (Å²) in [6.07, 6.45) is 0. The average Bonchev–Trinajstić information content (AvgIpc) is 2.49. The minimum atomic E-state index is 0.316. The molecule has 22 heavy (non-hydrogen) atoms. The molecular weight excluding hydrogens is 270 g/mol. The summed E-state index contributed by atoms with van der Waals surface area (Å²) in [6.45, 7) is 8.17. The summed E-state index contributed by atoms with van der Waals surface area (Å²) in [5.41, 5.74) is 13.2. The highest BCUT2D eigenvalue weighted by Crippen LogP contribution is 2.44. The van der Waals surface area contributed by atoms with Gasteiger partial charge in [-0.25, -0.2) is 0 Å². The molecule has 0 aliphatic carbocycles. The fourth-order valence-corrected chi connectivity index (χ4v) is 3.18. The number of anilines is 1. The molecule has 0 amide bonds. The fourth-order valence-electron chi connectivity index (χ4n) is 3.18. The molecule has 0 saturated carbocycles. The second kappa shape index (κ2) is 5.06. The Morgan fingerprint density at radius 1 is 0.818 bits per heavy atom. The second-order valence-electron chi connectivity index (χ2n) is 6.05. The zero-order valence-corrected chi connectivity index (χ0v) is 13.5. The summed E-state index contributed by atoms with van der Waals surface area (Å²) in [5, 5.41) is 12.8. The Bertz CT molecular complexity index is 894. The van der Waals surface area contributed by atoms with Gasteiger partial charge in [-0.2, -0.15) is 0 Å².